The zero-order valence-electron chi connectivity index (χ0n) is 11.1. The van der Waals surface area contributed by atoms with Crippen molar-refractivity contribution in [1.29, 1.82) is 0 Å². The Kier molecular flexibility index (Phi) is 5.15. The van der Waals surface area contributed by atoms with Crippen LogP contribution in [-0.4, -0.2) is 40.0 Å². The first-order chi connectivity index (χ1) is 8.00. The van der Waals surface area contributed by atoms with Gasteiger partial charge in [-0.15, -0.1) is 0 Å². The number of hydrogen-bond acceptors (Lipinski definition) is 5. The molecule has 96 valence electrons. The van der Waals surface area contributed by atoms with E-state index in [0.717, 1.165) is 18.9 Å². The molecule has 5 nitrogen and oxygen atoms in total. The van der Waals surface area contributed by atoms with Gasteiger partial charge in [-0.1, -0.05) is 0 Å². The highest BCUT2D eigenvalue weighted by atomic mass is 15.2. The minimum atomic E-state index is 0.305. The van der Waals surface area contributed by atoms with Gasteiger partial charge in [-0.2, -0.15) is 4.98 Å². The summed E-state index contributed by atoms with van der Waals surface area (Å²) in [6.07, 6.45) is 1.66. The minimum Gasteiger partial charge on any atom is -0.369 e. The SMILES string of the molecule is CC(C)N(CCNc1ccnc(N)n1)C(C)C. The second-order valence-corrected chi connectivity index (χ2v) is 4.65. The van der Waals surface area contributed by atoms with Crippen LogP contribution in [-0.2, 0) is 0 Å². The summed E-state index contributed by atoms with van der Waals surface area (Å²) in [5.41, 5.74) is 5.51. The third-order valence-electron chi connectivity index (χ3n) is 2.68. The molecule has 0 saturated heterocycles. The molecule has 0 spiro atoms. The maximum Gasteiger partial charge on any atom is 0.221 e. The topological polar surface area (TPSA) is 67.1 Å². The molecule has 0 saturated carbocycles. The van der Waals surface area contributed by atoms with Crippen molar-refractivity contribution in [3.8, 4) is 0 Å². The maximum atomic E-state index is 5.51. The van der Waals surface area contributed by atoms with Gasteiger partial charge < -0.3 is 11.1 Å². The van der Waals surface area contributed by atoms with Crippen LogP contribution in [0.1, 0.15) is 27.7 Å². The van der Waals surface area contributed by atoms with Gasteiger partial charge in [0, 0.05) is 31.4 Å². The Hall–Kier alpha value is -1.36. The molecule has 0 aromatic carbocycles. The average Bonchev–Trinajstić information content (AvgIpc) is 2.23. The van der Waals surface area contributed by atoms with E-state index < -0.39 is 0 Å². The van der Waals surface area contributed by atoms with Crippen molar-refractivity contribution >= 4 is 11.8 Å². The molecule has 0 radical (unpaired) electrons. The normalized spacial score (nSPS) is 11.5. The summed E-state index contributed by atoms with van der Waals surface area (Å²) in [6, 6.07) is 2.92. The van der Waals surface area contributed by atoms with E-state index in [0.29, 0.717) is 18.0 Å². The molecule has 0 aliphatic carbocycles. The van der Waals surface area contributed by atoms with E-state index in [2.05, 4.69) is 47.9 Å². The van der Waals surface area contributed by atoms with Gasteiger partial charge in [0.15, 0.2) is 0 Å². The zero-order chi connectivity index (χ0) is 12.8. The first kappa shape index (κ1) is 13.7. The Bertz CT molecular complexity index is 329. The van der Waals surface area contributed by atoms with E-state index in [9.17, 15) is 0 Å². The largest absolute Gasteiger partial charge is 0.369 e. The van der Waals surface area contributed by atoms with Gasteiger partial charge in [0.2, 0.25) is 5.95 Å². The third kappa shape index (κ3) is 4.56. The molecule has 3 N–H and O–H groups in total. The highest BCUT2D eigenvalue weighted by molar-refractivity contribution is 5.37. The van der Waals surface area contributed by atoms with Crippen molar-refractivity contribution in [1.82, 2.24) is 14.9 Å². The quantitative estimate of drug-likeness (QED) is 0.786. The Morgan fingerprint density at radius 1 is 1.29 bits per heavy atom. The van der Waals surface area contributed by atoms with E-state index in [-0.39, 0.29) is 0 Å². The van der Waals surface area contributed by atoms with Crippen LogP contribution < -0.4 is 11.1 Å². The lowest BCUT2D eigenvalue weighted by Crippen LogP contribution is -2.40. The molecule has 1 heterocycles. The van der Waals surface area contributed by atoms with Crippen LogP contribution >= 0.6 is 0 Å². The molecule has 17 heavy (non-hydrogen) atoms. The van der Waals surface area contributed by atoms with Crippen LogP contribution in [0, 0.1) is 0 Å². The molecule has 0 fully saturated rings. The lowest BCUT2D eigenvalue weighted by atomic mass is 10.2. The smallest absolute Gasteiger partial charge is 0.221 e. The number of anilines is 2. The van der Waals surface area contributed by atoms with Crippen molar-refractivity contribution in [2.24, 2.45) is 0 Å². The van der Waals surface area contributed by atoms with Crippen LogP contribution in [0.4, 0.5) is 11.8 Å². The first-order valence-corrected chi connectivity index (χ1v) is 6.09. The summed E-state index contributed by atoms with van der Waals surface area (Å²) in [5.74, 6) is 1.09. The van der Waals surface area contributed by atoms with Gasteiger partial charge in [-0.05, 0) is 33.8 Å². The maximum absolute atomic E-state index is 5.51. The molecule has 1 aromatic heterocycles. The van der Waals surface area contributed by atoms with Crippen LogP contribution in [0.3, 0.4) is 0 Å². The Morgan fingerprint density at radius 2 is 1.94 bits per heavy atom. The molecule has 0 aliphatic rings. The standard InChI is InChI=1S/C12H23N5/c1-9(2)17(10(3)4)8-7-14-11-5-6-15-12(13)16-11/h5-6,9-10H,7-8H2,1-4H3,(H3,13,14,15,16). The number of aromatic nitrogens is 2. The van der Waals surface area contributed by atoms with E-state index in [1.54, 1.807) is 6.20 Å². The molecule has 1 aromatic rings. The van der Waals surface area contributed by atoms with E-state index >= 15 is 0 Å². The van der Waals surface area contributed by atoms with Crippen molar-refractivity contribution in [2.75, 3.05) is 24.1 Å². The van der Waals surface area contributed by atoms with Gasteiger partial charge in [0.1, 0.15) is 5.82 Å². The van der Waals surface area contributed by atoms with Crippen molar-refractivity contribution in [3.63, 3.8) is 0 Å². The molecule has 0 unspecified atom stereocenters. The Morgan fingerprint density at radius 3 is 2.47 bits per heavy atom. The average molecular weight is 237 g/mol. The lowest BCUT2D eigenvalue weighted by molar-refractivity contribution is 0.182. The zero-order valence-corrected chi connectivity index (χ0v) is 11.1. The lowest BCUT2D eigenvalue weighted by Gasteiger charge is -2.30. The van der Waals surface area contributed by atoms with Gasteiger partial charge >= 0.3 is 0 Å². The molecule has 1 rings (SSSR count). The highest BCUT2D eigenvalue weighted by Gasteiger charge is 2.12. The van der Waals surface area contributed by atoms with Crippen LogP contribution in [0.2, 0.25) is 0 Å². The predicted molar refractivity (Wildman–Crippen MR) is 71.9 cm³/mol. The molecular formula is C12H23N5. The molecule has 0 bridgehead atoms. The highest BCUT2D eigenvalue weighted by Crippen LogP contribution is 2.06. The van der Waals surface area contributed by atoms with Crippen molar-refractivity contribution in [2.45, 2.75) is 39.8 Å². The number of hydrogen-bond donors (Lipinski definition) is 2. The summed E-state index contributed by atoms with van der Waals surface area (Å²) in [6.45, 7) is 10.7. The fourth-order valence-electron chi connectivity index (χ4n) is 1.90. The number of nitrogens with two attached hydrogens (primary N) is 1. The number of nitrogens with zero attached hydrogens (tertiary/aromatic N) is 3. The van der Waals surface area contributed by atoms with Crippen molar-refractivity contribution in [3.05, 3.63) is 12.3 Å². The molecular weight excluding hydrogens is 214 g/mol. The van der Waals surface area contributed by atoms with E-state index in [1.165, 1.54) is 0 Å². The monoisotopic (exact) mass is 237 g/mol. The summed E-state index contributed by atoms with van der Waals surface area (Å²) in [5, 5.41) is 3.25. The second kappa shape index (κ2) is 6.39. The summed E-state index contributed by atoms with van der Waals surface area (Å²) < 4.78 is 0. The molecule has 5 heteroatoms. The van der Waals surface area contributed by atoms with Gasteiger partial charge in [-0.25, -0.2) is 4.98 Å². The Balaban J connectivity index is 2.41. The first-order valence-electron chi connectivity index (χ1n) is 6.09. The number of rotatable bonds is 6. The summed E-state index contributed by atoms with van der Waals surface area (Å²) in [4.78, 5) is 10.4. The van der Waals surface area contributed by atoms with Gasteiger partial charge in [-0.3, -0.25) is 4.90 Å². The van der Waals surface area contributed by atoms with E-state index in [4.69, 9.17) is 5.73 Å². The van der Waals surface area contributed by atoms with Crippen LogP contribution in [0.25, 0.3) is 0 Å². The molecule has 0 aliphatic heterocycles. The predicted octanol–water partition coefficient (Wildman–Crippen LogP) is 1.59. The van der Waals surface area contributed by atoms with Crippen molar-refractivity contribution < 1.29 is 0 Å². The summed E-state index contributed by atoms with van der Waals surface area (Å²) in [7, 11) is 0. The van der Waals surface area contributed by atoms with Gasteiger partial charge in [0.05, 0.1) is 0 Å². The fraction of sp³-hybridized carbons (Fsp3) is 0.667. The fourth-order valence-corrected chi connectivity index (χ4v) is 1.90. The van der Waals surface area contributed by atoms with Crippen LogP contribution in [0.5, 0.6) is 0 Å². The summed E-state index contributed by atoms with van der Waals surface area (Å²) >= 11 is 0. The van der Waals surface area contributed by atoms with E-state index in [1.807, 2.05) is 6.07 Å². The second-order valence-electron chi connectivity index (χ2n) is 4.65. The molecule has 0 atom stereocenters. The van der Waals surface area contributed by atoms with Gasteiger partial charge in [0.25, 0.3) is 0 Å². The third-order valence-corrected chi connectivity index (χ3v) is 2.68. The number of nitrogen functional groups attached to an aromatic ring is 1. The minimum absolute atomic E-state index is 0.305. The molecule has 0 amide bonds. The van der Waals surface area contributed by atoms with Crippen LogP contribution in [0.15, 0.2) is 12.3 Å². The number of nitrogens with one attached hydrogen (secondary N) is 1. The Labute approximate surface area is 103 Å².